The molecule has 206 valence electrons. The molecule has 4 aromatic rings. The standard InChI is InChI=1S/C27H23Cl2N5O5S/c1-18-13-20(19(2)33(18)22-11-12-25(28)26(29)15-22)16-30-31-27(35)17-32(21-7-6-8-23(14-21)34(36)37)40(38,39)24-9-4-3-5-10-24/h3-16H,17H2,1-2H3,(H,31,35)/b30-16-. The summed E-state index contributed by atoms with van der Waals surface area (Å²) in [6.45, 7) is 3.10. The summed E-state index contributed by atoms with van der Waals surface area (Å²) in [5.41, 5.74) is 5.19. The van der Waals surface area contributed by atoms with Gasteiger partial charge in [-0.2, -0.15) is 5.10 Å². The molecule has 0 fully saturated rings. The first-order valence-corrected chi connectivity index (χ1v) is 14.0. The highest BCUT2D eigenvalue weighted by Crippen LogP contribution is 2.28. The second kappa shape index (κ2) is 11.9. The van der Waals surface area contributed by atoms with Crippen molar-refractivity contribution in [1.82, 2.24) is 9.99 Å². The molecule has 0 aliphatic heterocycles. The number of nitro groups is 1. The van der Waals surface area contributed by atoms with Gasteiger partial charge < -0.3 is 4.57 Å². The average Bonchev–Trinajstić information content (AvgIpc) is 3.21. The van der Waals surface area contributed by atoms with E-state index >= 15 is 0 Å². The van der Waals surface area contributed by atoms with Crippen LogP contribution in [0.3, 0.4) is 0 Å². The van der Waals surface area contributed by atoms with Crippen molar-refractivity contribution in [3.05, 3.63) is 116 Å². The maximum atomic E-state index is 13.4. The molecular formula is C27H23Cl2N5O5S. The largest absolute Gasteiger partial charge is 0.318 e. The predicted molar refractivity (Wildman–Crippen MR) is 155 cm³/mol. The maximum absolute atomic E-state index is 13.4. The number of aryl methyl sites for hydroxylation is 1. The van der Waals surface area contributed by atoms with Crippen LogP contribution >= 0.6 is 23.2 Å². The Morgan fingerprint density at radius 1 is 1.02 bits per heavy atom. The van der Waals surface area contributed by atoms with Crippen LogP contribution in [0.2, 0.25) is 10.0 Å². The molecule has 0 aliphatic carbocycles. The third-order valence-corrected chi connectivity index (χ3v) is 8.50. The van der Waals surface area contributed by atoms with Gasteiger partial charge in [0.15, 0.2) is 0 Å². The first kappa shape index (κ1) is 28.8. The number of hydrogen-bond acceptors (Lipinski definition) is 6. The highest BCUT2D eigenvalue weighted by atomic mass is 35.5. The lowest BCUT2D eigenvalue weighted by Gasteiger charge is -2.23. The monoisotopic (exact) mass is 599 g/mol. The van der Waals surface area contributed by atoms with E-state index in [-0.39, 0.29) is 16.3 Å². The highest BCUT2D eigenvalue weighted by Gasteiger charge is 2.28. The first-order chi connectivity index (χ1) is 19.0. The van der Waals surface area contributed by atoms with E-state index in [9.17, 15) is 23.3 Å². The Morgan fingerprint density at radius 2 is 1.75 bits per heavy atom. The van der Waals surface area contributed by atoms with Crippen LogP contribution in [0.5, 0.6) is 0 Å². The van der Waals surface area contributed by atoms with Crippen molar-refractivity contribution in [2.45, 2.75) is 18.7 Å². The van der Waals surface area contributed by atoms with Gasteiger partial charge in [-0.25, -0.2) is 13.8 Å². The summed E-state index contributed by atoms with van der Waals surface area (Å²) in [6.07, 6.45) is 1.44. The number of benzene rings is 3. The number of carbonyl (C=O) groups excluding carboxylic acids is 1. The molecule has 0 saturated heterocycles. The van der Waals surface area contributed by atoms with E-state index in [1.54, 1.807) is 18.2 Å². The van der Waals surface area contributed by atoms with Gasteiger partial charge in [-0.15, -0.1) is 0 Å². The number of sulfonamides is 1. The molecule has 0 aliphatic rings. The van der Waals surface area contributed by atoms with E-state index in [1.807, 2.05) is 30.5 Å². The van der Waals surface area contributed by atoms with Crippen molar-refractivity contribution in [2.75, 3.05) is 10.8 Å². The van der Waals surface area contributed by atoms with Crippen LogP contribution in [-0.4, -0.2) is 36.6 Å². The van der Waals surface area contributed by atoms with Crippen LogP contribution in [0, 0.1) is 24.0 Å². The summed E-state index contributed by atoms with van der Waals surface area (Å²) in [5.74, 6) is -0.749. The molecule has 0 spiro atoms. The molecule has 1 amide bonds. The summed E-state index contributed by atoms with van der Waals surface area (Å²) in [5, 5.41) is 16.2. The normalized spacial score (nSPS) is 11.5. The minimum absolute atomic E-state index is 0.0395. The molecule has 10 nitrogen and oxygen atoms in total. The van der Waals surface area contributed by atoms with Gasteiger partial charge in [0.2, 0.25) is 0 Å². The van der Waals surface area contributed by atoms with Gasteiger partial charge in [-0.1, -0.05) is 47.5 Å². The van der Waals surface area contributed by atoms with E-state index in [0.717, 1.165) is 27.4 Å². The van der Waals surface area contributed by atoms with E-state index in [2.05, 4.69) is 10.5 Å². The van der Waals surface area contributed by atoms with Gasteiger partial charge in [-0.3, -0.25) is 19.2 Å². The van der Waals surface area contributed by atoms with Gasteiger partial charge in [0.1, 0.15) is 6.54 Å². The SMILES string of the molecule is Cc1cc(/C=N\NC(=O)CN(c2cccc([N+](=O)[O-])c2)S(=O)(=O)c2ccccc2)c(C)n1-c1ccc(Cl)c(Cl)c1. The van der Waals surface area contributed by atoms with E-state index in [0.29, 0.717) is 15.6 Å². The number of aromatic nitrogens is 1. The lowest BCUT2D eigenvalue weighted by molar-refractivity contribution is -0.384. The molecule has 40 heavy (non-hydrogen) atoms. The molecule has 1 aromatic heterocycles. The lowest BCUT2D eigenvalue weighted by Crippen LogP contribution is -2.39. The molecule has 0 unspecified atom stereocenters. The maximum Gasteiger partial charge on any atom is 0.271 e. The van der Waals surface area contributed by atoms with Crippen molar-refractivity contribution in [1.29, 1.82) is 0 Å². The second-order valence-electron chi connectivity index (χ2n) is 8.66. The van der Waals surface area contributed by atoms with E-state index < -0.39 is 27.4 Å². The van der Waals surface area contributed by atoms with Crippen LogP contribution < -0.4 is 9.73 Å². The Hall–Kier alpha value is -4.19. The fourth-order valence-corrected chi connectivity index (χ4v) is 5.80. The van der Waals surface area contributed by atoms with Gasteiger partial charge in [0.25, 0.3) is 21.6 Å². The smallest absolute Gasteiger partial charge is 0.271 e. The van der Waals surface area contributed by atoms with Crippen LogP contribution in [0.1, 0.15) is 17.0 Å². The first-order valence-electron chi connectivity index (χ1n) is 11.8. The zero-order chi connectivity index (χ0) is 29.0. The molecule has 13 heteroatoms. The fraction of sp³-hybridized carbons (Fsp3) is 0.111. The number of nitrogens with zero attached hydrogens (tertiary/aromatic N) is 4. The van der Waals surface area contributed by atoms with Crippen LogP contribution in [0.4, 0.5) is 11.4 Å². The van der Waals surface area contributed by atoms with Gasteiger partial charge in [0.05, 0.1) is 31.8 Å². The molecule has 0 radical (unpaired) electrons. The number of non-ortho nitro benzene ring substituents is 1. The number of hydrazone groups is 1. The zero-order valence-electron chi connectivity index (χ0n) is 21.3. The summed E-state index contributed by atoms with van der Waals surface area (Å²) >= 11 is 12.2. The summed E-state index contributed by atoms with van der Waals surface area (Å²) in [6, 6.07) is 19.7. The molecule has 3 aromatic carbocycles. The van der Waals surface area contributed by atoms with Crippen molar-refractivity contribution in [2.24, 2.45) is 5.10 Å². The van der Waals surface area contributed by atoms with Crippen LogP contribution in [0.25, 0.3) is 5.69 Å². The predicted octanol–water partition coefficient (Wildman–Crippen LogP) is 5.65. The number of hydrogen-bond donors (Lipinski definition) is 1. The number of halogens is 2. The van der Waals surface area contributed by atoms with Gasteiger partial charge >= 0.3 is 0 Å². The van der Waals surface area contributed by atoms with Gasteiger partial charge in [0, 0.05) is 34.8 Å². The van der Waals surface area contributed by atoms with E-state index in [1.165, 1.54) is 48.7 Å². The Morgan fingerprint density at radius 3 is 2.42 bits per heavy atom. The average molecular weight is 600 g/mol. The van der Waals surface area contributed by atoms with E-state index in [4.69, 9.17) is 23.2 Å². The summed E-state index contributed by atoms with van der Waals surface area (Å²) in [7, 11) is -4.24. The Bertz CT molecular complexity index is 1720. The molecule has 0 atom stereocenters. The molecule has 0 saturated carbocycles. The van der Waals surface area contributed by atoms with Crippen molar-refractivity contribution in [3.8, 4) is 5.69 Å². The summed E-state index contributed by atoms with van der Waals surface area (Å²) < 4.78 is 29.6. The number of anilines is 1. The quantitative estimate of drug-likeness (QED) is 0.151. The number of nitro benzene ring substituents is 1. The van der Waals surface area contributed by atoms with Crippen molar-refractivity contribution < 1.29 is 18.1 Å². The molecule has 4 rings (SSSR count). The molecular weight excluding hydrogens is 577 g/mol. The van der Waals surface area contributed by atoms with Crippen LogP contribution in [0.15, 0.2) is 88.9 Å². The topological polar surface area (TPSA) is 127 Å². The Labute approximate surface area is 240 Å². The number of rotatable bonds is 9. The Balaban J connectivity index is 1.58. The lowest BCUT2D eigenvalue weighted by atomic mass is 10.2. The number of carbonyl (C=O) groups is 1. The highest BCUT2D eigenvalue weighted by molar-refractivity contribution is 7.92. The second-order valence-corrected chi connectivity index (χ2v) is 11.3. The minimum Gasteiger partial charge on any atom is -0.318 e. The van der Waals surface area contributed by atoms with Gasteiger partial charge in [-0.05, 0) is 56.3 Å². The number of amides is 1. The van der Waals surface area contributed by atoms with Crippen LogP contribution in [-0.2, 0) is 14.8 Å². The van der Waals surface area contributed by atoms with Crippen molar-refractivity contribution >= 4 is 56.7 Å². The molecule has 0 bridgehead atoms. The fourth-order valence-electron chi connectivity index (χ4n) is 4.08. The third-order valence-electron chi connectivity index (χ3n) is 5.97. The zero-order valence-corrected chi connectivity index (χ0v) is 23.6. The summed E-state index contributed by atoms with van der Waals surface area (Å²) in [4.78, 5) is 23.4. The molecule has 1 heterocycles. The number of nitrogens with one attached hydrogen (secondary N) is 1. The molecule has 1 N–H and O–H groups in total. The third kappa shape index (κ3) is 6.17. The minimum atomic E-state index is -4.24. The van der Waals surface area contributed by atoms with Crippen molar-refractivity contribution in [3.63, 3.8) is 0 Å². The Kier molecular flexibility index (Phi) is 8.58.